The van der Waals surface area contributed by atoms with Crippen molar-refractivity contribution in [3.8, 4) is 0 Å². The Hall–Kier alpha value is -0.970. The molecule has 0 saturated heterocycles. The number of amides is 1. The lowest BCUT2D eigenvalue weighted by molar-refractivity contribution is -0.114. The number of anilines is 1. The first kappa shape index (κ1) is 9.12. The van der Waals surface area contributed by atoms with Crippen molar-refractivity contribution in [1.82, 2.24) is 4.98 Å². The Kier molecular flexibility index (Phi) is 2.75. The van der Waals surface area contributed by atoms with Crippen molar-refractivity contribution in [3.05, 3.63) is 22.7 Å². The lowest BCUT2D eigenvalue weighted by atomic mass is 10.4. The monoisotopic (exact) mass is 232 g/mol. The third-order valence-electron chi connectivity index (χ3n) is 1.15. The summed E-state index contributed by atoms with van der Waals surface area (Å²) in [6.07, 6.45) is 2.45. The van der Waals surface area contributed by atoms with Crippen LogP contribution in [0.15, 0.2) is 16.9 Å². The highest BCUT2D eigenvalue weighted by Gasteiger charge is 2.07. The van der Waals surface area contributed by atoms with Gasteiger partial charge in [0, 0.05) is 13.1 Å². The van der Waals surface area contributed by atoms with Gasteiger partial charge >= 0.3 is 0 Å². The molecule has 5 heteroatoms. The van der Waals surface area contributed by atoms with E-state index in [0.717, 1.165) is 6.20 Å². The molecule has 0 atom stereocenters. The molecule has 3 nitrogen and oxygen atoms in total. The summed E-state index contributed by atoms with van der Waals surface area (Å²) in [6.45, 7) is 1.31. The minimum atomic E-state index is -0.556. The lowest BCUT2D eigenvalue weighted by Crippen LogP contribution is -2.08. The Bertz CT molecular complexity index is 296. The fourth-order valence-corrected chi connectivity index (χ4v) is 1.11. The first-order chi connectivity index (χ1) is 5.61. The molecule has 1 amide bonds. The van der Waals surface area contributed by atoms with Crippen LogP contribution in [0.25, 0.3) is 0 Å². The summed E-state index contributed by atoms with van der Waals surface area (Å²) < 4.78 is 13.3. The maximum Gasteiger partial charge on any atom is 0.221 e. The number of carbonyl (C=O) groups is 1. The van der Waals surface area contributed by atoms with Crippen molar-refractivity contribution >= 4 is 27.5 Å². The number of rotatable bonds is 1. The second-order valence-corrected chi connectivity index (χ2v) is 3.01. The van der Waals surface area contributed by atoms with Crippen molar-refractivity contribution in [2.75, 3.05) is 5.32 Å². The van der Waals surface area contributed by atoms with Crippen LogP contribution in [0.5, 0.6) is 0 Å². The summed E-state index contributed by atoms with van der Waals surface area (Å²) in [5, 5.41) is 2.34. The molecule has 0 aliphatic heterocycles. The molecule has 1 heterocycles. The van der Waals surface area contributed by atoms with Gasteiger partial charge in [0.1, 0.15) is 0 Å². The first-order valence-electron chi connectivity index (χ1n) is 3.18. The van der Waals surface area contributed by atoms with Crippen molar-refractivity contribution in [1.29, 1.82) is 0 Å². The molecule has 0 unspecified atom stereocenters. The number of hydrogen-bond acceptors (Lipinski definition) is 2. The van der Waals surface area contributed by atoms with Crippen LogP contribution < -0.4 is 5.32 Å². The Balaban J connectivity index is 3.04. The largest absolute Gasteiger partial charge is 0.323 e. The molecule has 0 saturated carbocycles. The van der Waals surface area contributed by atoms with Crippen LogP contribution in [0, 0.1) is 5.82 Å². The van der Waals surface area contributed by atoms with E-state index in [-0.39, 0.29) is 11.6 Å². The smallest absolute Gasteiger partial charge is 0.221 e. The number of carbonyl (C=O) groups excluding carboxylic acids is 1. The zero-order valence-electron chi connectivity index (χ0n) is 6.27. The summed E-state index contributed by atoms with van der Waals surface area (Å²) in [5.41, 5.74) is 0.123. The van der Waals surface area contributed by atoms with Gasteiger partial charge in [-0.2, -0.15) is 0 Å². The minimum absolute atomic E-state index is 0.123. The van der Waals surface area contributed by atoms with Gasteiger partial charge in [0.15, 0.2) is 5.82 Å². The van der Waals surface area contributed by atoms with Gasteiger partial charge in [0.2, 0.25) is 5.91 Å². The molecule has 64 valence electrons. The minimum Gasteiger partial charge on any atom is -0.323 e. The fourth-order valence-electron chi connectivity index (χ4n) is 0.707. The van der Waals surface area contributed by atoms with Crippen LogP contribution in [0.2, 0.25) is 0 Å². The van der Waals surface area contributed by atoms with Crippen LogP contribution in [-0.2, 0) is 4.79 Å². The van der Waals surface area contributed by atoms with Crippen molar-refractivity contribution < 1.29 is 9.18 Å². The van der Waals surface area contributed by atoms with E-state index in [4.69, 9.17) is 0 Å². The van der Waals surface area contributed by atoms with Crippen molar-refractivity contribution in [2.45, 2.75) is 6.92 Å². The van der Waals surface area contributed by atoms with Gasteiger partial charge in [-0.05, 0) is 15.9 Å². The van der Waals surface area contributed by atoms with Crippen LogP contribution in [0.1, 0.15) is 6.92 Å². The van der Waals surface area contributed by atoms with Gasteiger partial charge in [0.25, 0.3) is 0 Å². The van der Waals surface area contributed by atoms with E-state index in [1.165, 1.54) is 13.1 Å². The van der Waals surface area contributed by atoms with E-state index in [9.17, 15) is 9.18 Å². The molecule has 0 aliphatic carbocycles. The molecule has 12 heavy (non-hydrogen) atoms. The Morgan fingerprint density at radius 1 is 1.67 bits per heavy atom. The Morgan fingerprint density at radius 2 is 2.33 bits per heavy atom. The lowest BCUT2D eigenvalue weighted by Gasteiger charge is -2.04. The van der Waals surface area contributed by atoms with Crippen LogP contribution in [-0.4, -0.2) is 10.9 Å². The van der Waals surface area contributed by atoms with Gasteiger partial charge in [-0.3, -0.25) is 9.78 Å². The normalized spacial score (nSPS) is 9.58. The summed E-state index contributed by atoms with van der Waals surface area (Å²) >= 11 is 3.06. The molecule has 0 aliphatic rings. The number of aromatic nitrogens is 1. The topological polar surface area (TPSA) is 42.0 Å². The molecule has 1 aromatic rings. The molecule has 0 bridgehead atoms. The maximum atomic E-state index is 12.9. The fraction of sp³-hybridized carbons (Fsp3) is 0.143. The molecule has 0 spiro atoms. The van der Waals surface area contributed by atoms with E-state index in [0.29, 0.717) is 4.47 Å². The molecular weight excluding hydrogens is 227 g/mol. The number of pyridine rings is 1. The number of nitrogens with one attached hydrogen (secondary N) is 1. The quantitative estimate of drug-likeness (QED) is 0.805. The molecular formula is C7H6BrFN2O. The zero-order chi connectivity index (χ0) is 9.14. The highest BCUT2D eigenvalue weighted by atomic mass is 79.9. The second kappa shape index (κ2) is 3.62. The summed E-state index contributed by atoms with van der Waals surface area (Å²) in [4.78, 5) is 14.2. The van der Waals surface area contributed by atoms with E-state index in [1.54, 1.807) is 0 Å². The Labute approximate surface area is 77.1 Å². The number of nitrogens with zero attached hydrogens (tertiary/aromatic N) is 1. The molecule has 0 aromatic carbocycles. The molecule has 1 N–H and O–H groups in total. The van der Waals surface area contributed by atoms with Crippen molar-refractivity contribution in [2.24, 2.45) is 0 Å². The zero-order valence-corrected chi connectivity index (χ0v) is 7.85. The molecule has 1 rings (SSSR count). The number of halogens is 2. The third-order valence-corrected chi connectivity index (χ3v) is 1.76. The summed E-state index contributed by atoms with van der Waals surface area (Å²) in [6, 6.07) is 0. The van der Waals surface area contributed by atoms with E-state index in [2.05, 4.69) is 26.2 Å². The average molecular weight is 233 g/mol. The van der Waals surface area contributed by atoms with E-state index >= 15 is 0 Å². The SMILES string of the molecule is CC(=O)Nc1c(F)cncc1Br. The molecule has 0 radical (unpaired) electrons. The van der Waals surface area contributed by atoms with Gasteiger partial charge in [-0.1, -0.05) is 0 Å². The highest BCUT2D eigenvalue weighted by molar-refractivity contribution is 9.10. The molecule has 1 aromatic heterocycles. The standard InChI is InChI=1S/C7H6BrFN2O/c1-4(12)11-7-5(8)2-10-3-6(7)9/h2-3H,1H3,(H,10,11,12). The highest BCUT2D eigenvalue weighted by Crippen LogP contribution is 2.23. The molecule has 0 fully saturated rings. The van der Waals surface area contributed by atoms with Crippen LogP contribution in [0.4, 0.5) is 10.1 Å². The van der Waals surface area contributed by atoms with Gasteiger partial charge in [-0.25, -0.2) is 4.39 Å². The van der Waals surface area contributed by atoms with Gasteiger partial charge in [0.05, 0.1) is 16.4 Å². The summed E-state index contributed by atoms with van der Waals surface area (Å²) in [5.74, 6) is -0.875. The second-order valence-electron chi connectivity index (χ2n) is 2.16. The predicted molar refractivity (Wildman–Crippen MR) is 46.2 cm³/mol. The number of hydrogen-bond donors (Lipinski definition) is 1. The van der Waals surface area contributed by atoms with E-state index < -0.39 is 5.82 Å². The third kappa shape index (κ3) is 2.01. The summed E-state index contributed by atoms with van der Waals surface area (Å²) in [7, 11) is 0. The van der Waals surface area contributed by atoms with E-state index in [1.807, 2.05) is 0 Å². The van der Waals surface area contributed by atoms with Crippen LogP contribution in [0.3, 0.4) is 0 Å². The predicted octanol–water partition coefficient (Wildman–Crippen LogP) is 1.94. The van der Waals surface area contributed by atoms with Crippen molar-refractivity contribution in [3.63, 3.8) is 0 Å². The van der Waals surface area contributed by atoms with Gasteiger partial charge < -0.3 is 5.32 Å². The maximum absolute atomic E-state index is 12.9. The first-order valence-corrected chi connectivity index (χ1v) is 3.97. The Morgan fingerprint density at radius 3 is 2.83 bits per heavy atom. The average Bonchev–Trinajstić information content (AvgIpc) is 1.97. The van der Waals surface area contributed by atoms with Gasteiger partial charge in [-0.15, -0.1) is 0 Å². The van der Waals surface area contributed by atoms with Crippen LogP contribution >= 0.6 is 15.9 Å².